The van der Waals surface area contributed by atoms with Gasteiger partial charge >= 0.3 is 0 Å². The summed E-state index contributed by atoms with van der Waals surface area (Å²) >= 11 is 0. The predicted octanol–water partition coefficient (Wildman–Crippen LogP) is -0.0805. The number of oxime groups is 1. The summed E-state index contributed by atoms with van der Waals surface area (Å²) < 4.78 is 5.47. The van der Waals surface area contributed by atoms with E-state index in [1.54, 1.807) is 0 Å². The minimum absolute atomic E-state index is 0.180. The van der Waals surface area contributed by atoms with Gasteiger partial charge in [0.2, 0.25) is 0 Å². The van der Waals surface area contributed by atoms with Gasteiger partial charge in [0.05, 0.1) is 6.61 Å². The molecule has 0 bridgehead atoms. The monoisotopic (exact) mass is 256 g/mol. The standard InChI is InChI=1S/C12H24N4O2/c13-12(14-17)11-10-16(8-9-18-11)7-3-6-15-4-1-2-5-15/h11,17H,1-10H2,(H2,13,14). The second kappa shape index (κ2) is 6.92. The van der Waals surface area contributed by atoms with E-state index < -0.39 is 0 Å². The number of amidine groups is 1. The highest BCUT2D eigenvalue weighted by atomic mass is 16.5. The van der Waals surface area contributed by atoms with Crippen molar-refractivity contribution in [2.45, 2.75) is 25.4 Å². The highest BCUT2D eigenvalue weighted by molar-refractivity contribution is 5.84. The summed E-state index contributed by atoms with van der Waals surface area (Å²) in [5, 5.41) is 11.7. The molecule has 2 fully saturated rings. The number of ether oxygens (including phenoxy) is 1. The van der Waals surface area contributed by atoms with Crippen molar-refractivity contribution in [3.05, 3.63) is 0 Å². The summed E-state index contributed by atoms with van der Waals surface area (Å²) in [7, 11) is 0. The lowest BCUT2D eigenvalue weighted by molar-refractivity contribution is 0.00367. The molecule has 0 aromatic heterocycles. The molecule has 18 heavy (non-hydrogen) atoms. The van der Waals surface area contributed by atoms with Gasteiger partial charge in [-0.2, -0.15) is 0 Å². The molecule has 104 valence electrons. The molecule has 2 heterocycles. The Balaban J connectivity index is 1.66. The molecule has 2 saturated heterocycles. The Labute approximate surface area is 108 Å². The summed E-state index contributed by atoms with van der Waals surface area (Å²) in [5.74, 6) is 0.180. The van der Waals surface area contributed by atoms with Crippen LogP contribution >= 0.6 is 0 Å². The predicted molar refractivity (Wildman–Crippen MR) is 69.9 cm³/mol. The quantitative estimate of drug-likeness (QED) is 0.311. The van der Waals surface area contributed by atoms with Crippen molar-refractivity contribution in [1.29, 1.82) is 0 Å². The van der Waals surface area contributed by atoms with Crippen molar-refractivity contribution in [3.8, 4) is 0 Å². The highest BCUT2D eigenvalue weighted by Crippen LogP contribution is 2.09. The van der Waals surface area contributed by atoms with E-state index in [4.69, 9.17) is 15.7 Å². The fraction of sp³-hybridized carbons (Fsp3) is 0.917. The number of nitrogens with two attached hydrogens (primary N) is 1. The SMILES string of the molecule is NC(=NO)C1CN(CCCN2CCCC2)CCO1. The van der Waals surface area contributed by atoms with Crippen LogP contribution in [0, 0.1) is 0 Å². The van der Waals surface area contributed by atoms with E-state index in [0.717, 1.165) is 19.6 Å². The molecule has 0 saturated carbocycles. The van der Waals surface area contributed by atoms with E-state index in [1.165, 1.54) is 38.9 Å². The summed E-state index contributed by atoms with van der Waals surface area (Å²) in [6, 6.07) is 0. The van der Waals surface area contributed by atoms with Crippen LogP contribution in [0.15, 0.2) is 5.16 Å². The number of rotatable bonds is 5. The summed E-state index contributed by atoms with van der Waals surface area (Å²) in [4.78, 5) is 4.86. The second-order valence-electron chi connectivity index (χ2n) is 5.09. The van der Waals surface area contributed by atoms with Crippen LogP contribution in [0.2, 0.25) is 0 Å². The Morgan fingerprint density at radius 2 is 1.94 bits per heavy atom. The average Bonchev–Trinajstić information content (AvgIpc) is 2.91. The van der Waals surface area contributed by atoms with E-state index in [1.807, 2.05) is 0 Å². The molecule has 2 aliphatic heterocycles. The van der Waals surface area contributed by atoms with Crippen molar-refractivity contribution >= 4 is 5.84 Å². The molecule has 6 heteroatoms. The zero-order valence-corrected chi connectivity index (χ0v) is 10.9. The maximum atomic E-state index is 8.65. The molecule has 0 aromatic rings. The van der Waals surface area contributed by atoms with Crippen LogP contribution in [0.1, 0.15) is 19.3 Å². The fourth-order valence-corrected chi connectivity index (χ4v) is 2.67. The van der Waals surface area contributed by atoms with Crippen LogP contribution < -0.4 is 5.73 Å². The Morgan fingerprint density at radius 3 is 2.67 bits per heavy atom. The van der Waals surface area contributed by atoms with Crippen LogP contribution in [0.25, 0.3) is 0 Å². The van der Waals surface area contributed by atoms with Crippen molar-refractivity contribution in [1.82, 2.24) is 9.80 Å². The van der Waals surface area contributed by atoms with Crippen LogP contribution in [-0.2, 0) is 4.74 Å². The molecule has 2 rings (SSSR count). The number of nitrogens with zero attached hydrogens (tertiary/aromatic N) is 3. The summed E-state index contributed by atoms with van der Waals surface area (Å²) in [5.41, 5.74) is 5.58. The van der Waals surface area contributed by atoms with E-state index in [0.29, 0.717) is 6.61 Å². The molecule has 0 spiro atoms. The van der Waals surface area contributed by atoms with Gasteiger partial charge in [-0.1, -0.05) is 5.16 Å². The molecule has 3 N–H and O–H groups in total. The largest absolute Gasteiger partial charge is 0.409 e. The summed E-state index contributed by atoms with van der Waals surface area (Å²) in [6.45, 7) is 7.10. The minimum atomic E-state index is -0.254. The maximum Gasteiger partial charge on any atom is 0.169 e. The first-order chi connectivity index (χ1) is 8.79. The van der Waals surface area contributed by atoms with Gasteiger partial charge in [-0.25, -0.2) is 0 Å². The summed E-state index contributed by atoms with van der Waals surface area (Å²) in [6.07, 6.45) is 3.63. The molecule has 0 radical (unpaired) electrons. The van der Waals surface area contributed by atoms with Gasteiger partial charge in [-0.05, 0) is 45.4 Å². The molecule has 6 nitrogen and oxygen atoms in total. The van der Waals surface area contributed by atoms with Gasteiger partial charge in [-0.3, -0.25) is 4.90 Å². The van der Waals surface area contributed by atoms with Crippen molar-refractivity contribution < 1.29 is 9.94 Å². The van der Waals surface area contributed by atoms with E-state index in [9.17, 15) is 0 Å². The topological polar surface area (TPSA) is 74.3 Å². The molecular weight excluding hydrogens is 232 g/mol. The third-order valence-corrected chi connectivity index (χ3v) is 3.74. The lowest BCUT2D eigenvalue weighted by Gasteiger charge is -2.32. The van der Waals surface area contributed by atoms with Crippen molar-refractivity contribution in [2.75, 3.05) is 45.9 Å². The van der Waals surface area contributed by atoms with Crippen LogP contribution in [0.4, 0.5) is 0 Å². The van der Waals surface area contributed by atoms with Gasteiger partial charge in [0.1, 0.15) is 6.10 Å². The first kappa shape index (κ1) is 13.6. The van der Waals surface area contributed by atoms with Crippen molar-refractivity contribution in [3.63, 3.8) is 0 Å². The van der Waals surface area contributed by atoms with Gasteiger partial charge < -0.3 is 20.6 Å². The lowest BCUT2D eigenvalue weighted by Crippen LogP contribution is -2.48. The van der Waals surface area contributed by atoms with Crippen LogP contribution in [-0.4, -0.2) is 72.8 Å². The molecule has 0 aromatic carbocycles. The Morgan fingerprint density at radius 1 is 1.22 bits per heavy atom. The van der Waals surface area contributed by atoms with Gasteiger partial charge in [-0.15, -0.1) is 0 Å². The Bertz CT molecular complexity index is 279. The van der Waals surface area contributed by atoms with Gasteiger partial charge in [0.15, 0.2) is 5.84 Å². The van der Waals surface area contributed by atoms with Crippen LogP contribution in [0.3, 0.4) is 0 Å². The molecule has 1 atom stereocenters. The Kier molecular flexibility index (Phi) is 5.22. The van der Waals surface area contributed by atoms with E-state index in [-0.39, 0.29) is 11.9 Å². The Hall–Kier alpha value is -0.850. The smallest absolute Gasteiger partial charge is 0.169 e. The molecule has 2 aliphatic rings. The lowest BCUT2D eigenvalue weighted by atomic mass is 10.2. The number of morpholine rings is 1. The van der Waals surface area contributed by atoms with E-state index in [2.05, 4.69) is 15.0 Å². The first-order valence-corrected chi connectivity index (χ1v) is 6.83. The number of likely N-dealkylation sites (tertiary alicyclic amines) is 1. The molecule has 1 unspecified atom stereocenters. The zero-order valence-electron chi connectivity index (χ0n) is 10.9. The molecular formula is C12H24N4O2. The second-order valence-corrected chi connectivity index (χ2v) is 5.09. The molecule has 0 amide bonds. The minimum Gasteiger partial charge on any atom is -0.409 e. The third-order valence-electron chi connectivity index (χ3n) is 3.74. The molecule has 0 aliphatic carbocycles. The van der Waals surface area contributed by atoms with Gasteiger partial charge in [0.25, 0.3) is 0 Å². The number of hydrogen-bond donors (Lipinski definition) is 2. The highest BCUT2D eigenvalue weighted by Gasteiger charge is 2.23. The van der Waals surface area contributed by atoms with Gasteiger partial charge in [0, 0.05) is 13.1 Å². The first-order valence-electron chi connectivity index (χ1n) is 6.83. The van der Waals surface area contributed by atoms with E-state index >= 15 is 0 Å². The zero-order chi connectivity index (χ0) is 12.8. The normalized spacial score (nSPS) is 27.8. The average molecular weight is 256 g/mol. The fourth-order valence-electron chi connectivity index (χ4n) is 2.67. The van der Waals surface area contributed by atoms with Crippen LogP contribution in [0.5, 0.6) is 0 Å². The van der Waals surface area contributed by atoms with Crippen molar-refractivity contribution in [2.24, 2.45) is 10.9 Å². The third kappa shape index (κ3) is 3.83. The maximum absolute atomic E-state index is 8.65. The number of hydrogen-bond acceptors (Lipinski definition) is 5.